The lowest BCUT2D eigenvalue weighted by molar-refractivity contribution is -0.137. The fraction of sp³-hybridized carbons (Fsp3) is 0.571. The third kappa shape index (κ3) is 3.24. The molecule has 0 saturated carbocycles. The minimum absolute atomic E-state index is 0.0148. The number of benzene rings is 1. The second-order valence-electron chi connectivity index (χ2n) is 5.00. The lowest BCUT2D eigenvalue weighted by atomic mass is 10.0. The van der Waals surface area contributed by atoms with Gasteiger partial charge in [-0.1, -0.05) is 6.07 Å². The van der Waals surface area contributed by atoms with Crippen molar-refractivity contribution in [1.82, 2.24) is 0 Å². The zero-order valence-corrected chi connectivity index (χ0v) is 11.4. The van der Waals surface area contributed by atoms with Gasteiger partial charge in [0, 0.05) is 32.4 Å². The minimum atomic E-state index is -4.37. The third-order valence-electron chi connectivity index (χ3n) is 3.65. The highest BCUT2D eigenvalue weighted by Gasteiger charge is 2.36. The van der Waals surface area contributed by atoms with Gasteiger partial charge >= 0.3 is 6.18 Å². The maximum Gasteiger partial charge on any atom is 0.418 e. The molecule has 0 aliphatic carbocycles. The van der Waals surface area contributed by atoms with E-state index in [1.54, 1.807) is 18.1 Å². The first kappa shape index (κ1) is 15.1. The molecule has 1 aromatic rings. The number of halogens is 3. The lowest BCUT2D eigenvalue weighted by Crippen LogP contribution is -2.40. The topological polar surface area (TPSA) is 38.5 Å². The van der Waals surface area contributed by atoms with E-state index in [0.29, 0.717) is 18.7 Å². The molecule has 1 unspecified atom stereocenters. The van der Waals surface area contributed by atoms with Crippen LogP contribution in [0.15, 0.2) is 18.2 Å². The van der Waals surface area contributed by atoms with Crippen molar-refractivity contribution < 1.29 is 17.9 Å². The lowest BCUT2D eigenvalue weighted by Gasteiger charge is -2.35. The molecule has 0 amide bonds. The van der Waals surface area contributed by atoms with Crippen molar-refractivity contribution in [3.05, 3.63) is 29.3 Å². The van der Waals surface area contributed by atoms with E-state index in [1.165, 1.54) is 6.07 Å². The molecule has 1 fully saturated rings. The maximum atomic E-state index is 13.2. The quantitative estimate of drug-likeness (QED) is 0.929. The molecule has 3 nitrogen and oxygen atoms in total. The normalized spacial score (nSPS) is 20.2. The summed E-state index contributed by atoms with van der Waals surface area (Å²) in [6.45, 7) is 1.20. The Hall–Kier alpha value is -1.27. The van der Waals surface area contributed by atoms with Crippen LogP contribution in [0.1, 0.15) is 24.0 Å². The van der Waals surface area contributed by atoms with Crippen molar-refractivity contribution in [2.45, 2.75) is 31.7 Å². The van der Waals surface area contributed by atoms with Crippen LogP contribution in [0.5, 0.6) is 0 Å². The van der Waals surface area contributed by atoms with Crippen LogP contribution in [0.2, 0.25) is 0 Å². The largest absolute Gasteiger partial charge is 0.418 e. The van der Waals surface area contributed by atoms with E-state index in [0.717, 1.165) is 18.9 Å². The predicted octanol–water partition coefficient (Wildman–Crippen LogP) is 2.78. The average molecular weight is 288 g/mol. The Morgan fingerprint density at radius 2 is 2.15 bits per heavy atom. The Bertz CT molecular complexity index is 462. The Balaban J connectivity index is 2.35. The number of hydrogen-bond acceptors (Lipinski definition) is 3. The van der Waals surface area contributed by atoms with Crippen molar-refractivity contribution in [1.29, 1.82) is 0 Å². The molecule has 2 rings (SSSR count). The van der Waals surface area contributed by atoms with Crippen molar-refractivity contribution in [3.63, 3.8) is 0 Å². The Labute approximate surface area is 116 Å². The van der Waals surface area contributed by atoms with Gasteiger partial charge in [0.05, 0.1) is 11.7 Å². The molecule has 2 N–H and O–H groups in total. The molecule has 1 aromatic carbocycles. The molecular formula is C14H19F3N2O. The van der Waals surface area contributed by atoms with Gasteiger partial charge in [-0.15, -0.1) is 0 Å². The van der Waals surface area contributed by atoms with Gasteiger partial charge in [-0.05, 0) is 30.5 Å². The van der Waals surface area contributed by atoms with Crippen LogP contribution < -0.4 is 10.6 Å². The van der Waals surface area contributed by atoms with Gasteiger partial charge in [0.1, 0.15) is 0 Å². The molecule has 6 heteroatoms. The molecule has 0 spiro atoms. The van der Waals surface area contributed by atoms with E-state index < -0.39 is 11.7 Å². The predicted molar refractivity (Wildman–Crippen MR) is 71.6 cm³/mol. The average Bonchev–Trinajstić information content (AvgIpc) is 2.45. The number of methoxy groups -OCH3 is 1. The monoisotopic (exact) mass is 288 g/mol. The van der Waals surface area contributed by atoms with Gasteiger partial charge in [-0.25, -0.2) is 0 Å². The number of piperidine rings is 1. The molecular weight excluding hydrogens is 269 g/mol. The highest BCUT2D eigenvalue weighted by Crippen LogP contribution is 2.38. The summed E-state index contributed by atoms with van der Waals surface area (Å²) in [7, 11) is 1.59. The number of anilines is 1. The first-order valence-corrected chi connectivity index (χ1v) is 6.63. The number of nitrogens with two attached hydrogens (primary N) is 1. The Kier molecular flexibility index (Phi) is 4.55. The number of ether oxygens (including phenoxy) is 1. The van der Waals surface area contributed by atoms with Gasteiger partial charge in [0.15, 0.2) is 0 Å². The van der Waals surface area contributed by atoms with Crippen LogP contribution in [0.25, 0.3) is 0 Å². The number of alkyl halides is 3. The first-order valence-electron chi connectivity index (χ1n) is 6.63. The van der Waals surface area contributed by atoms with Crippen molar-refractivity contribution >= 4 is 5.69 Å². The summed E-state index contributed by atoms with van der Waals surface area (Å²) in [5.41, 5.74) is 5.53. The van der Waals surface area contributed by atoms with E-state index >= 15 is 0 Å². The van der Waals surface area contributed by atoms with E-state index in [1.807, 2.05) is 0 Å². The van der Waals surface area contributed by atoms with Gasteiger partial charge in [0.25, 0.3) is 0 Å². The molecule has 0 radical (unpaired) electrons. The van der Waals surface area contributed by atoms with Crippen LogP contribution >= 0.6 is 0 Å². The van der Waals surface area contributed by atoms with E-state index in [-0.39, 0.29) is 18.3 Å². The molecule has 0 bridgehead atoms. The summed E-state index contributed by atoms with van der Waals surface area (Å²) in [6.07, 6.45) is -2.68. The molecule has 1 aliphatic rings. The summed E-state index contributed by atoms with van der Waals surface area (Å²) in [5.74, 6) is 0. The highest BCUT2D eigenvalue weighted by atomic mass is 19.4. The highest BCUT2D eigenvalue weighted by molar-refractivity contribution is 5.57. The Morgan fingerprint density at radius 3 is 2.75 bits per heavy atom. The zero-order valence-electron chi connectivity index (χ0n) is 11.4. The molecule has 1 aliphatic heterocycles. The molecule has 1 saturated heterocycles. The third-order valence-corrected chi connectivity index (χ3v) is 3.65. The first-order chi connectivity index (χ1) is 9.45. The van der Waals surface area contributed by atoms with Crippen LogP contribution in [0, 0.1) is 0 Å². The van der Waals surface area contributed by atoms with Crippen molar-refractivity contribution in [3.8, 4) is 0 Å². The fourth-order valence-corrected chi connectivity index (χ4v) is 2.56. The van der Waals surface area contributed by atoms with Crippen LogP contribution in [-0.4, -0.2) is 26.3 Å². The number of nitrogens with zero attached hydrogens (tertiary/aromatic N) is 1. The standard InChI is InChI=1S/C14H19F3N2O/c1-20-11-3-2-6-19(9-11)13-5-4-10(8-18)7-12(13)14(15,16)17/h4-5,7,11H,2-3,6,8-9,18H2,1H3. The summed E-state index contributed by atoms with van der Waals surface area (Å²) < 4.78 is 44.9. The number of hydrogen-bond donors (Lipinski definition) is 1. The minimum Gasteiger partial charge on any atom is -0.380 e. The molecule has 1 heterocycles. The van der Waals surface area contributed by atoms with Crippen LogP contribution in [-0.2, 0) is 17.5 Å². The van der Waals surface area contributed by atoms with Crippen LogP contribution in [0.3, 0.4) is 0 Å². The summed E-state index contributed by atoms with van der Waals surface area (Å²) >= 11 is 0. The molecule has 0 aromatic heterocycles. The smallest absolute Gasteiger partial charge is 0.380 e. The van der Waals surface area contributed by atoms with Gasteiger partial charge in [-0.2, -0.15) is 13.2 Å². The van der Waals surface area contributed by atoms with Gasteiger partial charge < -0.3 is 15.4 Å². The van der Waals surface area contributed by atoms with E-state index in [2.05, 4.69) is 0 Å². The molecule has 20 heavy (non-hydrogen) atoms. The SMILES string of the molecule is COC1CCCN(c2ccc(CN)cc2C(F)(F)F)C1. The van der Waals surface area contributed by atoms with Crippen LogP contribution in [0.4, 0.5) is 18.9 Å². The molecule has 1 atom stereocenters. The van der Waals surface area contributed by atoms with Crippen molar-refractivity contribution in [2.75, 3.05) is 25.1 Å². The summed E-state index contributed by atoms with van der Waals surface area (Å²) in [4.78, 5) is 1.75. The second kappa shape index (κ2) is 6.01. The Morgan fingerprint density at radius 1 is 1.40 bits per heavy atom. The maximum absolute atomic E-state index is 13.2. The summed E-state index contributed by atoms with van der Waals surface area (Å²) in [6, 6.07) is 4.32. The number of rotatable bonds is 3. The van der Waals surface area contributed by atoms with Gasteiger partial charge in [-0.3, -0.25) is 0 Å². The molecule has 112 valence electrons. The van der Waals surface area contributed by atoms with E-state index in [9.17, 15) is 13.2 Å². The summed E-state index contributed by atoms with van der Waals surface area (Å²) in [5, 5.41) is 0. The second-order valence-corrected chi connectivity index (χ2v) is 5.00. The van der Waals surface area contributed by atoms with Gasteiger partial charge in [0.2, 0.25) is 0 Å². The fourth-order valence-electron chi connectivity index (χ4n) is 2.56. The van der Waals surface area contributed by atoms with Crippen molar-refractivity contribution in [2.24, 2.45) is 5.73 Å². The zero-order chi connectivity index (χ0) is 14.8. The van der Waals surface area contributed by atoms with E-state index in [4.69, 9.17) is 10.5 Å².